The van der Waals surface area contributed by atoms with E-state index in [0.29, 0.717) is 23.6 Å². The quantitative estimate of drug-likeness (QED) is 0.660. The van der Waals surface area contributed by atoms with Crippen LogP contribution in [0.15, 0.2) is 12.1 Å². The highest BCUT2D eigenvalue weighted by atomic mass is 127. The lowest BCUT2D eigenvalue weighted by molar-refractivity contribution is 0.00740. The van der Waals surface area contributed by atoms with E-state index in [1.807, 2.05) is 0 Å². The second kappa shape index (κ2) is 5.56. The Labute approximate surface area is 114 Å². The fourth-order valence-electron chi connectivity index (χ4n) is 1.77. The number of hydrogen-bond donors (Lipinski definition) is 1. The van der Waals surface area contributed by atoms with Gasteiger partial charge in [0.05, 0.1) is 27.5 Å². The van der Waals surface area contributed by atoms with Crippen molar-refractivity contribution >= 4 is 28.3 Å². The van der Waals surface area contributed by atoms with Gasteiger partial charge in [0.1, 0.15) is 6.10 Å². The van der Waals surface area contributed by atoms with E-state index in [-0.39, 0.29) is 6.10 Å². The van der Waals surface area contributed by atoms with Gasteiger partial charge in [-0.1, -0.05) is 0 Å². The molecule has 0 aliphatic carbocycles. The third-order valence-corrected chi connectivity index (χ3v) is 3.41. The third-order valence-electron chi connectivity index (χ3n) is 2.60. The van der Waals surface area contributed by atoms with Gasteiger partial charge < -0.3 is 15.2 Å². The molecule has 4 nitrogen and oxygen atoms in total. The lowest BCUT2D eigenvalue weighted by Gasteiger charge is -2.24. The van der Waals surface area contributed by atoms with Gasteiger partial charge in [0, 0.05) is 6.61 Å². The number of rotatable bonds is 2. The summed E-state index contributed by atoms with van der Waals surface area (Å²) in [7, 11) is 0. The maximum atomic E-state index is 8.83. The van der Waals surface area contributed by atoms with Crippen LogP contribution in [-0.4, -0.2) is 19.3 Å². The topological polar surface area (TPSA) is 68.3 Å². The number of nitriles is 1. The van der Waals surface area contributed by atoms with Gasteiger partial charge in [-0.25, -0.2) is 0 Å². The second-order valence-corrected chi connectivity index (χ2v) is 5.11. The summed E-state index contributed by atoms with van der Waals surface area (Å²) in [6, 6.07) is 5.49. The molecular weight excluding hydrogens is 331 g/mol. The summed E-state index contributed by atoms with van der Waals surface area (Å²) in [6.45, 7) is 1.41. The maximum Gasteiger partial charge on any atom is 0.156 e. The number of nitrogens with two attached hydrogens (primary N) is 1. The Morgan fingerprint density at radius 1 is 1.53 bits per heavy atom. The first kappa shape index (κ1) is 12.5. The molecule has 2 N–H and O–H groups in total. The van der Waals surface area contributed by atoms with Crippen LogP contribution in [0.4, 0.5) is 5.69 Å². The molecule has 1 aliphatic rings. The molecule has 0 spiro atoms. The molecule has 90 valence electrons. The van der Waals surface area contributed by atoms with Crippen LogP contribution in [0, 0.1) is 14.9 Å². The van der Waals surface area contributed by atoms with Crippen LogP contribution in [0.5, 0.6) is 5.75 Å². The van der Waals surface area contributed by atoms with Gasteiger partial charge in [-0.05, 0) is 47.6 Å². The zero-order chi connectivity index (χ0) is 12.3. The molecule has 5 heteroatoms. The normalized spacial score (nSPS) is 19.6. The molecule has 2 rings (SSSR count). The molecule has 1 aromatic carbocycles. The Hall–Kier alpha value is -1.00. The summed E-state index contributed by atoms with van der Waals surface area (Å²) in [5, 5.41) is 8.83. The van der Waals surface area contributed by atoms with Gasteiger partial charge in [0.2, 0.25) is 0 Å². The van der Waals surface area contributed by atoms with E-state index in [9.17, 15) is 0 Å². The van der Waals surface area contributed by atoms with E-state index in [0.717, 1.165) is 23.0 Å². The fraction of sp³-hybridized carbons (Fsp3) is 0.417. The zero-order valence-electron chi connectivity index (χ0n) is 9.28. The summed E-state index contributed by atoms with van der Waals surface area (Å²) in [6.07, 6.45) is 2.06. The average Bonchev–Trinajstić information content (AvgIpc) is 2.35. The summed E-state index contributed by atoms with van der Waals surface area (Å²) in [5.41, 5.74) is 6.96. The fourth-order valence-corrected chi connectivity index (χ4v) is 2.55. The van der Waals surface area contributed by atoms with Crippen LogP contribution in [0.1, 0.15) is 18.4 Å². The lowest BCUT2D eigenvalue weighted by Crippen LogP contribution is -2.28. The van der Waals surface area contributed by atoms with Gasteiger partial charge >= 0.3 is 0 Å². The van der Waals surface area contributed by atoms with E-state index < -0.39 is 0 Å². The van der Waals surface area contributed by atoms with Gasteiger partial charge in [0.15, 0.2) is 5.75 Å². The predicted molar refractivity (Wildman–Crippen MR) is 72.8 cm³/mol. The average molecular weight is 344 g/mol. The molecule has 1 atom stereocenters. The Morgan fingerprint density at radius 3 is 2.94 bits per heavy atom. The van der Waals surface area contributed by atoms with Crippen LogP contribution in [0.3, 0.4) is 0 Å². The highest BCUT2D eigenvalue weighted by molar-refractivity contribution is 14.1. The smallest absolute Gasteiger partial charge is 0.156 e. The van der Waals surface area contributed by atoms with Crippen molar-refractivity contribution in [2.75, 3.05) is 18.9 Å². The van der Waals surface area contributed by atoms with E-state index in [1.54, 1.807) is 12.1 Å². The molecule has 0 aromatic heterocycles. The Kier molecular flexibility index (Phi) is 4.07. The number of anilines is 1. The minimum atomic E-state index is 0.0625. The van der Waals surface area contributed by atoms with Gasteiger partial charge in [-0.15, -0.1) is 0 Å². The van der Waals surface area contributed by atoms with Crippen LogP contribution in [-0.2, 0) is 4.74 Å². The van der Waals surface area contributed by atoms with Gasteiger partial charge in [0.25, 0.3) is 0 Å². The molecule has 1 unspecified atom stereocenters. The number of ether oxygens (including phenoxy) is 2. The summed E-state index contributed by atoms with van der Waals surface area (Å²) in [5.74, 6) is 0.667. The summed E-state index contributed by atoms with van der Waals surface area (Å²) >= 11 is 2.13. The van der Waals surface area contributed by atoms with Gasteiger partial charge in [-0.2, -0.15) is 5.26 Å². The van der Waals surface area contributed by atoms with Crippen LogP contribution >= 0.6 is 22.6 Å². The molecular formula is C12H13IN2O2. The SMILES string of the molecule is N#Cc1cc(N)c(OC2CCCOC2)c(I)c1. The molecule has 17 heavy (non-hydrogen) atoms. The molecule has 0 saturated carbocycles. The molecule has 0 bridgehead atoms. The third kappa shape index (κ3) is 3.01. The molecule has 1 fully saturated rings. The maximum absolute atomic E-state index is 8.83. The van der Waals surface area contributed by atoms with Crippen LogP contribution < -0.4 is 10.5 Å². The number of nitrogens with zero attached hydrogens (tertiary/aromatic N) is 1. The summed E-state index contributed by atoms with van der Waals surface area (Å²) in [4.78, 5) is 0. The largest absolute Gasteiger partial charge is 0.485 e. The van der Waals surface area contributed by atoms with Crippen molar-refractivity contribution in [1.29, 1.82) is 5.26 Å². The monoisotopic (exact) mass is 344 g/mol. The Bertz CT molecular complexity index is 427. The molecule has 1 heterocycles. The van der Waals surface area contributed by atoms with Crippen molar-refractivity contribution < 1.29 is 9.47 Å². The van der Waals surface area contributed by atoms with Crippen molar-refractivity contribution in [3.05, 3.63) is 21.3 Å². The first-order valence-electron chi connectivity index (χ1n) is 5.44. The lowest BCUT2D eigenvalue weighted by atomic mass is 10.1. The molecule has 0 radical (unpaired) electrons. The highest BCUT2D eigenvalue weighted by Crippen LogP contribution is 2.31. The van der Waals surface area contributed by atoms with Crippen molar-refractivity contribution in [2.24, 2.45) is 0 Å². The molecule has 0 amide bonds. The van der Waals surface area contributed by atoms with Crippen LogP contribution in [0.25, 0.3) is 0 Å². The highest BCUT2D eigenvalue weighted by Gasteiger charge is 2.18. The standard InChI is InChI=1S/C12H13IN2O2/c13-10-4-8(6-14)5-11(15)12(10)17-9-2-1-3-16-7-9/h4-5,9H,1-3,7,15H2. The first-order valence-corrected chi connectivity index (χ1v) is 6.52. The van der Waals surface area contributed by atoms with E-state index in [1.165, 1.54) is 0 Å². The van der Waals surface area contributed by atoms with Crippen molar-refractivity contribution in [1.82, 2.24) is 0 Å². The van der Waals surface area contributed by atoms with E-state index in [2.05, 4.69) is 28.7 Å². The number of nitrogen functional groups attached to an aromatic ring is 1. The first-order chi connectivity index (χ1) is 8.20. The molecule has 1 aliphatic heterocycles. The zero-order valence-corrected chi connectivity index (χ0v) is 11.4. The van der Waals surface area contributed by atoms with Gasteiger partial charge in [-0.3, -0.25) is 0 Å². The number of hydrogen-bond acceptors (Lipinski definition) is 4. The number of halogens is 1. The minimum Gasteiger partial charge on any atom is -0.485 e. The molecule has 1 aromatic rings. The second-order valence-electron chi connectivity index (χ2n) is 3.95. The van der Waals surface area contributed by atoms with E-state index >= 15 is 0 Å². The van der Waals surface area contributed by atoms with Crippen LogP contribution in [0.2, 0.25) is 0 Å². The predicted octanol–water partition coefficient (Wildman–Crippen LogP) is 2.30. The minimum absolute atomic E-state index is 0.0625. The summed E-state index contributed by atoms with van der Waals surface area (Å²) < 4.78 is 12.1. The Balaban J connectivity index is 2.18. The number of benzene rings is 1. The van der Waals surface area contributed by atoms with E-state index in [4.69, 9.17) is 20.5 Å². The Morgan fingerprint density at radius 2 is 2.35 bits per heavy atom. The molecule has 1 saturated heterocycles. The van der Waals surface area contributed by atoms with Crippen molar-refractivity contribution in [3.63, 3.8) is 0 Å². The van der Waals surface area contributed by atoms with Crippen molar-refractivity contribution in [3.8, 4) is 11.8 Å². The van der Waals surface area contributed by atoms with Crippen molar-refractivity contribution in [2.45, 2.75) is 18.9 Å².